The van der Waals surface area contributed by atoms with Crippen molar-refractivity contribution in [1.29, 1.82) is 0 Å². The molecule has 0 N–H and O–H groups in total. The monoisotopic (exact) mass is 342 g/mol. The van der Waals surface area contributed by atoms with Crippen LogP contribution in [0.2, 0.25) is 0 Å². The van der Waals surface area contributed by atoms with Gasteiger partial charge >= 0.3 is 5.69 Å². The molecule has 0 bridgehead atoms. The summed E-state index contributed by atoms with van der Waals surface area (Å²) < 4.78 is 2.48. The van der Waals surface area contributed by atoms with E-state index >= 15 is 0 Å². The number of thioether (sulfide) groups is 1. The van der Waals surface area contributed by atoms with Crippen LogP contribution in [0.4, 0.5) is 0 Å². The van der Waals surface area contributed by atoms with Crippen LogP contribution >= 0.6 is 11.8 Å². The predicted octanol–water partition coefficient (Wildman–Crippen LogP) is 1.94. The highest BCUT2D eigenvalue weighted by atomic mass is 32.2. The van der Waals surface area contributed by atoms with Crippen LogP contribution in [0.25, 0.3) is 11.0 Å². The Bertz CT molecular complexity index is 1040. The number of aromatic nitrogens is 4. The minimum atomic E-state index is -0.389. The molecule has 0 aliphatic rings. The van der Waals surface area contributed by atoms with Crippen molar-refractivity contribution >= 4 is 22.8 Å². The first-order valence-corrected chi connectivity index (χ1v) is 8.49. The molecule has 124 valence electrons. The normalized spacial score (nSPS) is 11.2. The maximum absolute atomic E-state index is 12.5. The summed E-state index contributed by atoms with van der Waals surface area (Å²) in [5.41, 5.74) is 1.98. The predicted molar refractivity (Wildman–Crippen MR) is 95.5 cm³/mol. The Hall–Kier alpha value is -2.41. The minimum absolute atomic E-state index is 0.362. The van der Waals surface area contributed by atoms with Gasteiger partial charge in [-0.25, -0.2) is 14.8 Å². The van der Waals surface area contributed by atoms with Crippen LogP contribution in [-0.2, 0) is 19.8 Å². The smallest absolute Gasteiger partial charge is 0.280 e. The molecule has 3 aromatic rings. The molecule has 1 aromatic carbocycles. The Morgan fingerprint density at radius 1 is 1.00 bits per heavy atom. The summed E-state index contributed by atoms with van der Waals surface area (Å²) in [6, 6.07) is 8.24. The third kappa shape index (κ3) is 2.87. The SMILES string of the molecule is Cc1ccc(CSc2nc(C)nc3c2c(=O)n(C)c(=O)n3C)cc1. The molecule has 0 unspecified atom stereocenters. The number of rotatable bonds is 3. The zero-order chi connectivity index (χ0) is 17.4. The van der Waals surface area contributed by atoms with Crippen molar-refractivity contribution in [2.75, 3.05) is 0 Å². The number of hydrogen-bond acceptors (Lipinski definition) is 5. The molecule has 0 saturated carbocycles. The van der Waals surface area contributed by atoms with Gasteiger partial charge in [0.2, 0.25) is 0 Å². The molecule has 0 aliphatic carbocycles. The molecule has 7 heteroatoms. The van der Waals surface area contributed by atoms with Crippen molar-refractivity contribution in [2.45, 2.75) is 24.6 Å². The number of fused-ring (bicyclic) bond motifs is 1. The second kappa shape index (κ2) is 6.24. The summed E-state index contributed by atoms with van der Waals surface area (Å²) in [5, 5.41) is 0.997. The third-order valence-electron chi connectivity index (χ3n) is 3.87. The van der Waals surface area contributed by atoms with E-state index < -0.39 is 0 Å². The van der Waals surface area contributed by atoms with Crippen molar-refractivity contribution < 1.29 is 0 Å². The van der Waals surface area contributed by atoms with Gasteiger partial charge in [-0.15, -0.1) is 11.8 Å². The molecule has 2 heterocycles. The van der Waals surface area contributed by atoms with Crippen LogP contribution in [0.3, 0.4) is 0 Å². The molecule has 0 radical (unpaired) electrons. The van der Waals surface area contributed by atoms with E-state index in [1.165, 1.54) is 28.9 Å². The highest BCUT2D eigenvalue weighted by Crippen LogP contribution is 2.25. The molecule has 0 amide bonds. The summed E-state index contributed by atoms with van der Waals surface area (Å²) in [4.78, 5) is 33.4. The van der Waals surface area contributed by atoms with Crippen LogP contribution in [0.5, 0.6) is 0 Å². The lowest BCUT2D eigenvalue weighted by molar-refractivity contribution is 0.701. The quantitative estimate of drug-likeness (QED) is 0.537. The van der Waals surface area contributed by atoms with Gasteiger partial charge in [0.1, 0.15) is 16.2 Å². The van der Waals surface area contributed by atoms with E-state index in [0.717, 1.165) is 10.1 Å². The Morgan fingerprint density at radius 3 is 2.33 bits per heavy atom. The highest BCUT2D eigenvalue weighted by molar-refractivity contribution is 7.98. The number of nitrogens with zero attached hydrogens (tertiary/aromatic N) is 4. The lowest BCUT2D eigenvalue weighted by atomic mass is 10.2. The van der Waals surface area contributed by atoms with Crippen LogP contribution in [0.15, 0.2) is 38.9 Å². The maximum atomic E-state index is 12.5. The molecular weight excluding hydrogens is 324 g/mol. The van der Waals surface area contributed by atoms with Crippen LogP contribution in [-0.4, -0.2) is 19.1 Å². The van der Waals surface area contributed by atoms with Gasteiger partial charge in [0.15, 0.2) is 5.65 Å². The molecular formula is C17H18N4O2S. The average Bonchev–Trinajstić information content (AvgIpc) is 2.57. The second-order valence-electron chi connectivity index (χ2n) is 5.75. The molecule has 0 atom stereocenters. The first-order valence-electron chi connectivity index (χ1n) is 7.51. The summed E-state index contributed by atoms with van der Waals surface area (Å²) in [6.45, 7) is 3.81. The van der Waals surface area contributed by atoms with E-state index in [9.17, 15) is 9.59 Å². The topological polar surface area (TPSA) is 69.8 Å². The van der Waals surface area contributed by atoms with E-state index in [-0.39, 0.29) is 11.2 Å². The second-order valence-corrected chi connectivity index (χ2v) is 6.72. The van der Waals surface area contributed by atoms with Crippen LogP contribution in [0.1, 0.15) is 17.0 Å². The van der Waals surface area contributed by atoms with E-state index in [1.54, 1.807) is 14.0 Å². The Morgan fingerprint density at radius 2 is 1.67 bits per heavy atom. The summed E-state index contributed by atoms with van der Waals surface area (Å²) >= 11 is 1.48. The van der Waals surface area contributed by atoms with Gasteiger partial charge < -0.3 is 0 Å². The Labute approximate surface area is 143 Å². The standard InChI is InChI=1S/C17H18N4O2S/c1-10-5-7-12(8-6-10)9-24-15-13-14(18-11(2)19-15)20(3)17(23)21(4)16(13)22/h5-8H,9H2,1-4H3. The third-order valence-corrected chi connectivity index (χ3v) is 4.92. The van der Waals surface area contributed by atoms with Crippen molar-refractivity contribution in [3.63, 3.8) is 0 Å². The van der Waals surface area contributed by atoms with Crippen molar-refractivity contribution in [3.05, 3.63) is 62.1 Å². The van der Waals surface area contributed by atoms with Gasteiger partial charge in [-0.05, 0) is 19.4 Å². The van der Waals surface area contributed by atoms with Crippen molar-refractivity contribution in [2.24, 2.45) is 14.1 Å². The van der Waals surface area contributed by atoms with Gasteiger partial charge in [0, 0.05) is 19.8 Å². The maximum Gasteiger partial charge on any atom is 0.332 e. The van der Waals surface area contributed by atoms with E-state index in [2.05, 4.69) is 34.2 Å². The summed E-state index contributed by atoms with van der Waals surface area (Å²) in [7, 11) is 3.09. The molecule has 3 rings (SSSR count). The molecule has 0 spiro atoms. The molecule has 0 saturated heterocycles. The summed E-state index contributed by atoms with van der Waals surface area (Å²) in [6.07, 6.45) is 0. The number of benzene rings is 1. The largest absolute Gasteiger partial charge is 0.332 e. The summed E-state index contributed by atoms with van der Waals surface area (Å²) in [5.74, 6) is 1.23. The fourth-order valence-corrected chi connectivity index (χ4v) is 3.49. The molecule has 2 aromatic heterocycles. The van der Waals surface area contributed by atoms with Crippen LogP contribution < -0.4 is 11.2 Å². The van der Waals surface area contributed by atoms with Gasteiger partial charge in [0.25, 0.3) is 5.56 Å². The fraction of sp³-hybridized carbons (Fsp3) is 0.294. The minimum Gasteiger partial charge on any atom is -0.280 e. The number of hydrogen-bond donors (Lipinski definition) is 0. The van der Waals surface area contributed by atoms with Gasteiger partial charge in [-0.1, -0.05) is 29.8 Å². The van der Waals surface area contributed by atoms with Crippen molar-refractivity contribution in [1.82, 2.24) is 19.1 Å². The Balaban J connectivity index is 2.12. The van der Waals surface area contributed by atoms with Gasteiger partial charge in [-0.3, -0.25) is 13.9 Å². The molecule has 0 aliphatic heterocycles. The fourth-order valence-electron chi connectivity index (χ4n) is 2.47. The number of aryl methyl sites for hydroxylation is 3. The molecule has 24 heavy (non-hydrogen) atoms. The van der Waals surface area contributed by atoms with Crippen LogP contribution in [0, 0.1) is 13.8 Å². The lowest BCUT2D eigenvalue weighted by Gasteiger charge is -2.10. The molecule has 0 fully saturated rings. The molecule has 6 nitrogen and oxygen atoms in total. The highest BCUT2D eigenvalue weighted by Gasteiger charge is 2.16. The zero-order valence-corrected chi connectivity index (χ0v) is 14.8. The first kappa shape index (κ1) is 16.4. The van der Waals surface area contributed by atoms with Gasteiger partial charge in [0.05, 0.1) is 0 Å². The van der Waals surface area contributed by atoms with E-state index in [1.807, 2.05) is 6.92 Å². The Kier molecular flexibility index (Phi) is 4.28. The van der Waals surface area contributed by atoms with Gasteiger partial charge in [-0.2, -0.15) is 0 Å². The van der Waals surface area contributed by atoms with E-state index in [0.29, 0.717) is 27.6 Å². The average molecular weight is 342 g/mol. The lowest BCUT2D eigenvalue weighted by Crippen LogP contribution is -2.37. The first-order chi connectivity index (χ1) is 11.4. The van der Waals surface area contributed by atoms with Crippen molar-refractivity contribution in [3.8, 4) is 0 Å². The zero-order valence-electron chi connectivity index (χ0n) is 14.0. The van der Waals surface area contributed by atoms with E-state index in [4.69, 9.17) is 0 Å².